The van der Waals surface area contributed by atoms with Crippen LogP contribution in [0.5, 0.6) is 0 Å². The lowest BCUT2D eigenvalue weighted by atomic mass is 10.2. The summed E-state index contributed by atoms with van der Waals surface area (Å²) in [6.45, 7) is 3.38. The van der Waals surface area contributed by atoms with Gasteiger partial charge in [0.05, 0.1) is 12.7 Å². The van der Waals surface area contributed by atoms with E-state index in [9.17, 15) is 5.11 Å². The van der Waals surface area contributed by atoms with Crippen molar-refractivity contribution in [2.24, 2.45) is 0 Å². The predicted molar refractivity (Wildman–Crippen MR) is 71.2 cm³/mol. The molecule has 0 amide bonds. The minimum Gasteiger partial charge on any atom is -0.394 e. The molecule has 1 aliphatic rings. The molecule has 1 aromatic carbocycles. The summed E-state index contributed by atoms with van der Waals surface area (Å²) in [4.78, 5) is 2.42. The molecule has 3 N–H and O–H groups in total. The molecule has 0 saturated carbocycles. The third-order valence-electron chi connectivity index (χ3n) is 3.37. The molecule has 100 valence electrons. The number of nitrogens with zero attached hydrogens (tertiary/aromatic N) is 1. The van der Waals surface area contributed by atoms with Crippen LogP contribution in [0.25, 0.3) is 0 Å². The van der Waals surface area contributed by atoms with E-state index >= 15 is 0 Å². The van der Waals surface area contributed by atoms with E-state index < -0.39 is 6.10 Å². The van der Waals surface area contributed by atoms with Crippen LogP contribution in [-0.4, -0.2) is 53.5 Å². The normalized spacial score (nSPS) is 22.2. The van der Waals surface area contributed by atoms with Gasteiger partial charge < -0.3 is 15.5 Å². The second kappa shape index (κ2) is 6.85. The molecular weight excluding hydrogens is 228 g/mol. The molecule has 1 aliphatic heterocycles. The van der Waals surface area contributed by atoms with Crippen LogP contribution in [0, 0.1) is 0 Å². The van der Waals surface area contributed by atoms with Crippen LogP contribution in [0.4, 0.5) is 0 Å². The molecular formula is C14H22N2O2. The molecule has 4 heteroatoms. The summed E-state index contributed by atoms with van der Waals surface area (Å²) in [6, 6.07) is 10.9. The van der Waals surface area contributed by atoms with Gasteiger partial charge in [-0.3, -0.25) is 4.90 Å². The molecule has 0 unspecified atom stereocenters. The maximum absolute atomic E-state index is 9.29. The minimum absolute atomic E-state index is 0.173. The maximum atomic E-state index is 9.29. The number of hydrogen-bond acceptors (Lipinski definition) is 4. The van der Waals surface area contributed by atoms with Gasteiger partial charge in [-0.05, 0) is 12.0 Å². The van der Waals surface area contributed by atoms with Gasteiger partial charge >= 0.3 is 0 Å². The summed E-state index contributed by atoms with van der Waals surface area (Å²) < 4.78 is 0. The topological polar surface area (TPSA) is 55.7 Å². The Balaban J connectivity index is 1.72. The van der Waals surface area contributed by atoms with Gasteiger partial charge in [0, 0.05) is 32.2 Å². The second-order valence-corrected chi connectivity index (χ2v) is 4.95. The fourth-order valence-corrected chi connectivity index (χ4v) is 2.35. The molecule has 2 rings (SSSR count). The lowest BCUT2D eigenvalue weighted by Crippen LogP contribution is -2.38. The zero-order valence-electron chi connectivity index (χ0n) is 10.6. The van der Waals surface area contributed by atoms with Crippen molar-refractivity contribution in [2.75, 3.05) is 26.2 Å². The second-order valence-electron chi connectivity index (χ2n) is 4.95. The molecule has 0 aliphatic carbocycles. The lowest BCUT2D eigenvalue weighted by molar-refractivity contribution is 0.0920. The molecule has 4 nitrogen and oxygen atoms in total. The molecule has 1 heterocycles. The average Bonchev–Trinajstić information content (AvgIpc) is 2.85. The molecule has 2 atom stereocenters. The Morgan fingerprint density at radius 3 is 2.83 bits per heavy atom. The van der Waals surface area contributed by atoms with E-state index in [0.717, 1.165) is 26.1 Å². The quantitative estimate of drug-likeness (QED) is 0.675. The highest BCUT2D eigenvalue weighted by Gasteiger charge is 2.22. The Kier molecular flexibility index (Phi) is 5.13. The molecule has 0 aromatic heterocycles. The predicted octanol–water partition coefficient (Wildman–Crippen LogP) is 0.204. The summed E-state index contributed by atoms with van der Waals surface area (Å²) in [5.74, 6) is 0. The first-order valence-electron chi connectivity index (χ1n) is 6.56. The van der Waals surface area contributed by atoms with Crippen molar-refractivity contribution >= 4 is 0 Å². The fourth-order valence-electron chi connectivity index (χ4n) is 2.35. The van der Waals surface area contributed by atoms with Crippen molar-refractivity contribution in [1.82, 2.24) is 10.2 Å². The standard InChI is InChI=1S/C14H22N2O2/c17-11-14(18)8-15-13-6-7-16(10-13)9-12-4-2-1-3-5-12/h1-5,13-15,17-18H,6-11H2/t13-,14-/m0/s1. The van der Waals surface area contributed by atoms with E-state index in [1.165, 1.54) is 5.56 Å². The first-order chi connectivity index (χ1) is 8.78. The molecule has 1 fully saturated rings. The van der Waals surface area contributed by atoms with Gasteiger partial charge in [-0.15, -0.1) is 0 Å². The highest BCUT2D eigenvalue weighted by Crippen LogP contribution is 2.13. The van der Waals surface area contributed by atoms with E-state index in [1.807, 2.05) is 6.07 Å². The Hall–Kier alpha value is -0.940. The number of likely N-dealkylation sites (tertiary alicyclic amines) is 1. The first-order valence-corrected chi connectivity index (χ1v) is 6.56. The number of hydrogen-bond donors (Lipinski definition) is 3. The largest absolute Gasteiger partial charge is 0.394 e. The Morgan fingerprint density at radius 1 is 1.33 bits per heavy atom. The van der Waals surface area contributed by atoms with E-state index in [4.69, 9.17) is 5.11 Å². The van der Waals surface area contributed by atoms with E-state index in [1.54, 1.807) is 0 Å². The summed E-state index contributed by atoms with van der Waals surface area (Å²) >= 11 is 0. The molecule has 0 bridgehead atoms. The van der Waals surface area contributed by atoms with Crippen molar-refractivity contribution in [1.29, 1.82) is 0 Å². The van der Waals surface area contributed by atoms with Crippen LogP contribution in [-0.2, 0) is 6.54 Å². The van der Waals surface area contributed by atoms with E-state index in [0.29, 0.717) is 12.6 Å². The van der Waals surface area contributed by atoms with Crippen molar-refractivity contribution in [3.05, 3.63) is 35.9 Å². The van der Waals surface area contributed by atoms with E-state index in [2.05, 4.69) is 34.5 Å². The lowest BCUT2D eigenvalue weighted by Gasteiger charge is -2.17. The highest BCUT2D eigenvalue weighted by atomic mass is 16.3. The van der Waals surface area contributed by atoms with Crippen molar-refractivity contribution < 1.29 is 10.2 Å². The maximum Gasteiger partial charge on any atom is 0.0895 e. The number of benzene rings is 1. The average molecular weight is 250 g/mol. The number of rotatable bonds is 6. The van der Waals surface area contributed by atoms with Gasteiger partial charge in [-0.1, -0.05) is 30.3 Å². The van der Waals surface area contributed by atoms with Crippen molar-refractivity contribution in [3.63, 3.8) is 0 Å². The van der Waals surface area contributed by atoms with Crippen LogP contribution >= 0.6 is 0 Å². The summed E-state index contributed by atoms with van der Waals surface area (Å²) in [5.41, 5.74) is 1.34. The Bertz CT molecular complexity index is 345. The van der Waals surface area contributed by atoms with Crippen LogP contribution < -0.4 is 5.32 Å². The van der Waals surface area contributed by atoms with Crippen LogP contribution in [0.3, 0.4) is 0 Å². The number of aliphatic hydroxyl groups excluding tert-OH is 2. The fraction of sp³-hybridized carbons (Fsp3) is 0.571. The van der Waals surface area contributed by atoms with Gasteiger partial charge in [0.25, 0.3) is 0 Å². The zero-order chi connectivity index (χ0) is 12.8. The van der Waals surface area contributed by atoms with Gasteiger partial charge in [0.2, 0.25) is 0 Å². The molecule has 1 aromatic rings. The summed E-state index contributed by atoms with van der Waals surface area (Å²) in [6.07, 6.45) is 0.457. The Labute approximate surface area is 108 Å². The van der Waals surface area contributed by atoms with Gasteiger partial charge in [-0.25, -0.2) is 0 Å². The number of aliphatic hydroxyl groups is 2. The number of nitrogens with one attached hydrogen (secondary N) is 1. The minimum atomic E-state index is -0.645. The summed E-state index contributed by atoms with van der Waals surface area (Å²) in [5, 5.41) is 21.3. The monoisotopic (exact) mass is 250 g/mol. The van der Waals surface area contributed by atoms with Crippen LogP contribution in [0.1, 0.15) is 12.0 Å². The smallest absolute Gasteiger partial charge is 0.0895 e. The van der Waals surface area contributed by atoms with E-state index in [-0.39, 0.29) is 6.61 Å². The third kappa shape index (κ3) is 4.07. The molecule has 0 radical (unpaired) electrons. The Morgan fingerprint density at radius 2 is 2.11 bits per heavy atom. The van der Waals surface area contributed by atoms with Gasteiger partial charge in [0.1, 0.15) is 0 Å². The highest BCUT2D eigenvalue weighted by molar-refractivity contribution is 5.14. The van der Waals surface area contributed by atoms with Crippen LogP contribution in [0.15, 0.2) is 30.3 Å². The molecule has 0 spiro atoms. The first kappa shape index (κ1) is 13.5. The third-order valence-corrected chi connectivity index (χ3v) is 3.37. The summed E-state index contributed by atoms with van der Waals surface area (Å²) in [7, 11) is 0. The van der Waals surface area contributed by atoms with Crippen LogP contribution in [0.2, 0.25) is 0 Å². The molecule has 1 saturated heterocycles. The van der Waals surface area contributed by atoms with Crippen molar-refractivity contribution in [2.45, 2.75) is 25.1 Å². The van der Waals surface area contributed by atoms with Gasteiger partial charge in [-0.2, -0.15) is 0 Å². The molecule has 18 heavy (non-hydrogen) atoms. The zero-order valence-corrected chi connectivity index (χ0v) is 10.6. The van der Waals surface area contributed by atoms with Crippen molar-refractivity contribution in [3.8, 4) is 0 Å². The van der Waals surface area contributed by atoms with Gasteiger partial charge in [0.15, 0.2) is 0 Å². The SMILES string of the molecule is OC[C@@H](O)CN[C@H]1CCN(Cc2ccccc2)C1.